The van der Waals surface area contributed by atoms with Gasteiger partial charge in [-0.15, -0.1) is 0 Å². The van der Waals surface area contributed by atoms with Gasteiger partial charge in [0.05, 0.1) is 38.8 Å². The van der Waals surface area contributed by atoms with Crippen molar-refractivity contribution >= 4 is 81.4 Å². The van der Waals surface area contributed by atoms with Crippen LogP contribution in [0.1, 0.15) is 33.6 Å². The van der Waals surface area contributed by atoms with Crippen LogP contribution in [0, 0.1) is 5.92 Å². The van der Waals surface area contributed by atoms with E-state index < -0.39 is 40.8 Å². The van der Waals surface area contributed by atoms with Crippen molar-refractivity contribution in [2.75, 3.05) is 23.4 Å². The van der Waals surface area contributed by atoms with E-state index >= 15 is 0 Å². The summed E-state index contributed by atoms with van der Waals surface area (Å²) in [5, 5.41) is 3.08. The van der Waals surface area contributed by atoms with E-state index in [1.165, 1.54) is 30.3 Å². The first-order chi connectivity index (χ1) is 21.6. The van der Waals surface area contributed by atoms with Gasteiger partial charge >= 0.3 is 10.8 Å². The number of carbonyl (C=O) groups is 4. The standard InChI is InChI=1S/C31H23Cl2N3O7S2/c1-2-42-30(40)15-6-9-18(10-7-15)36-28(38)24-23(25-27(35-31(41)45-25)44-26(24)29(36)39)16-4-3-5-19(12-16)43-14-22(37)34-17-8-11-20(32)21(33)13-17/h3-13,23-24,26H,2,14H2,1H3,(H,34,37)(H,35,41). The molecule has 14 heteroatoms. The van der Waals surface area contributed by atoms with Crippen LogP contribution in [0.4, 0.5) is 11.4 Å². The molecule has 0 saturated carbocycles. The third-order valence-electron chi connectivity index (χ3n) is 7.25. The molecule has 2 aliphatic rings. The summed E-state index contributed by atoms with van der Waals surface area (Å²) in [5.41, 5.74) is 1.72. The summed E-state index contributed by atoms with van der Waals surface area (Å²) in [4.78, 5) is 69.1. The molecule has 45 heavy (non-hydrogen) atoms. The highest BCUT2D eigenvalue weighted by Gasteiger charge is 2.56. The molecule has 0 radical (unpaired) electrons. The van der Waals surface area contributed by atoms with Crippen molar-refractivity contribution in [3.8, 4) is 5.75 Å². The fourth-order valence-corrected chi connectivity index (χ4v) is 8.12. The Morgan fingerprint density at radius 3 is 2.49 bits per heavy atom. The number of thioether (sulfide) groups is 1. The van der Waals surface area contributed by atoms with E-state index in [2.05, 4.69) is 10.3 Å². The van der Waals surface area contributed by atoms with Crippen LogP contribution in [-0.4, -0.2) is 47.1 Å². The van der Waals surface area contributed by atoms with Gasteiger partial charge in [0.2, 0.25) is 11.8 Å². The lowest BCUT2D eigenvalue weighted by Crippen LogP contribution is -2.32. The van der Waals surface area contributed by atoms with E-state index in [1.807, 2.05) is 0 Å². The van der Waals surface area contributed by atoms with Crippen molar-refractivity contribution in [3.05, 3.63) is 102 Å². The fourth-order valence-electron chi connectivity index (χ4n) is 5.31. The number of hydrogen-bond donors (Lipinski definition) is 2. The zero-order chi connectivity index (χ0) is 31.8. The van der Waals surface area contributed by atoms with Gasteiger partial charge in [-0.3, -0.25) is 19.2 Å². The normalized spacial score (nSPS) is 18.7. The van der Waals surface area contributed by atoms with Crippen LogP contribution >= 0.6 is 46.3 Å². The molecular weight excluding hydrogens is 661 g/mol. The number of imide groups is 1. The first-order valence-electron chi connectivity index (χ1n) is 13.7. The van der Waals surface area contributed by atoms with Crippen LogP contribution in [0.15, 0.2) is 76.6 Å². The molecule has 3 atom stereocenters. The number of aromatic amines is 1. The molecule has 3 unspecified atom stereocenters. The lowest BCUT2D eigenvalue weighted by Gasteiger charge is -2.30. The Hall–Kier alpha value is -4.10. The molecule has 2 N–H and O–H groups in total. The monoisotopic (exact) mass is 683 g/mol. The Morgan fingerprint density at radius 2 is 1.76 bits per heavy atom. The number of H-pyrrole nitrogens is 1. The Morgan fingerprint density at radius 1 is 0.978 bits per heavy atom. The number of esters is 1. The molecule has 4 aromatic rings. The topological polar surface area (TPSA) is 135 Å². The summed E-state index contributed by atoms with van der Waals surface area (Å²) in [6, 6.07) is 17.7. The first-order valence-corrected chi connectivity index (χ1v) is 16.1. The van der Waals surface area contributed by atoms with Crippen LogP contribution in [0.3, 0.4) is 0 Å². The minimum atomic E-state index is -0.820. The Bertz CT molecular complexity index is 1890. The van der Waals surface area contributed by atoms with E-state index in [1.54, 1.807) is 43.3 Å². The smallest absolute Gasteiger partial charge is 0.338 e. The maximum atomic E-state index is 14.0. The number of thiazole rings is 1. The lowest BCUT2D eigenvalue weighted by molar-refractivity contribution is -0.122. The largest absolute Gasteiger partial charge is 0.484 e. The molecular formula is C31H23Cl2N3O7S2. The second-order valence-electron chi connectivity index (χ2n) is 10.1. The summed E-state index contributed by atoms with van der Waals surface area (Å²) < 4.78 is 10.8. The van der Waals surface area contributed by atoms with E-state index in [9.17, 15) is 24.0 Å². The van der Waals surface area contributed by atoms with Gasteiger partial charge in [0.1, 0.15) is 11.0 Å². The van der Waals surface area contributed by atoms with E-state index in [0.717, 1.165) is 28.0 Å². The highest BCUT2D eigenvalue weighted by atomic mass is 35.5. The Balaban J connectivity index is 1.26. The van der Waals surface area contributed by atoms with Crippen molar-refractivity contribution in [1.29, 1.82) is 0 Å². The number of hydrogen-bond acceptors (Lipinski definition) is 9. The predicted molar refractivity (Wildman–Crippen MR) is 172 cm³/mol. The molecule has 0 spiro atoms. The van der Waals surface area contributed by atoms with Crippen molar-refractivity contribution in [1.82, 2.24) is 4.98 Å². The minimum absolute atomic E-state index is 0.218. The SMILES string of the molecule is CCOC(=O)c1ccc(N2C(=O)C3Sc4[nH]c(=O)sc4C(c4cccc(OCC(=O)Nc5ccc(Cl)c(Cl)c5)c4)C3C2=O)cc1. The lowest BCUT2D eigenvalue weighted by atomic mass is 9.83. The number of nitrogens with zero attached hydrogens (tertiary/aromatic N) is 1. The number of carbonyl (C=O) groups excluding carboxylic acids is 4. The van der Waals surface area contributed by atoms with Gasteiger partial charge in [-0.2, -0.15) is 0 Å². The minimum Gasteiger partial charge on any atom is -0.484 e. The molecule has 3 aromatic carbocycles. The average molecular weight is 685 g/mol. The van der Waals surface area contributed by atoms with Crippen LogP contribution < -0.4 is 19.8 Å². The Kier molecular flexibility index (Phi) is 8.74. The molecule has 6 rings (SSSR count). The number of aromatic nitrogens is 1. The van der Waals surface area contributed by atoms with E-state index in [4.69, 9.17) is 32.7 Å². The van der Waals surface area contributed by atoms with Crippen LogP contribution in [-0.2, 0) is 19.1 Å². The zero-order valence-corrected chi connectivity index (χ0v) is 26.5. The summed E-state index contributed by atoms with van der Waals surface area (Å²) in [7, 11) is 0. The molecule has 1 aromatic heterocycles. The predicted octanol–water partition coefficient (Wildman–Crippen LogP) is 5.73. The maximum absolute atomic E-state index is 14.0. The average Bonchev–Trinajstić information content (AvgIpc) is 3.52. The van der Waals surface area contributed by atoms with Crippen LogP contribution in [0.2, 0.25) is 10.0 Å². The van der Waals surface area contributed by atoms with Gasteiger partial charge in [0, 0.05) is 16.5 Å². The molecule has 0 bridgehead atoms. The first kappa shape index (κ1) is 30.9. The van der Waals surface area contributed by atoms with Crippen molar-refractivity contribution in [2.45, 2.75) is 23.1 Å². The maximum Gasteiger partial charge on any atom is 0.338 e. The summed E-state index contributed by atoms with van der Waals surface area (Å²) in [6.07, 6.45) is 0. The number of benzene rings is 3. The molecule has 10 nitrogen and oxygen atoms in total. The molecule has 0 aliphatic carbocycles. The van der Waals surface area contributed by atoms with Gasteiger partial charge in [-0.25, -0.2) is 9.69 Å². The Labute approximate surface area is 274 Å². The van der Waals surface area contributed by atoms with Crippen LogP contribution in [0.5, 0.6) is 5.75 Å². The molecule has 3 amide bonds. The van der Waals surface area contributed by atoms with Gasteiger partial charge in [-0.05, 0) is 67.1 Å². The third-order valence-corrected chi connectivity index (χ3v) is 10.4. The van der Waals surface area contributed by atoms with Crippen LogP contribution in [0.25, 0.3) is 0 Å². The molecule has 3 heterocycles. The number of rotatable bonds is 8. The quantitative estimate of drug-likeness (QED) is 0.178. The second kappa shape index (κ2) is 12.7. The highest BCUT2D eigenvalue weighted by Crippen LogP contribution is 2.53. The number of ether oxygens (including phenoxy) is 2. The summed E-state index contributed by atoms with van der Waals surface area (Å²) >= 11 is 14.1. The number of halogens is 2. The number of fused-ring (bicyclic) bond motifs is 2. The molecule has 230 valence electrons. The number of amides is 3. The summed E-state index contributed by atoms with van der Waals surface area (Å²) in [6.45, 7) is 1.61. The number of nitrogens with one attached hydrogen (secondary N) is 2. The highest BCUT2D eigenvalue weighted by molar-refractivity contribution is 8.00. The summed E-state index contributed by atoms with van der Waals surface area (Å²) in [5.74, 6) is -2.88. The third kappa shape index (κ3) is 6.10. The second-order valence-corrected chi connectivity index (χ2v) is 13.0. The van der Waals surface area contributed by atoms with E-state index in [0.29, 0.717) is 48.2 Å². The van der Waals surface area contributed by atoms with Crippen molar-refractivity contribution in [2.24, 2.45) is 5.92 Å². The van der Waals surface area contributed by atoms with Gasteiger partial charge < -0.3 is 19.8 Å². The van der Waals surface area contributed by atoms with Crippen molar-refractivity contribution < 1.29 is 28.7 Å². The molecule has 1 saturated heterocycles. The van der Waals surface area contributed by atoms with Gasteiger partial charge in [-0.1, -0.05) is 58.4 Å². The van der Waals surface area contributed by atoms with Gasteiger partial charge in [0.25, 0.3) is 5.91 Å². The number of anilines is 2. The molecule has 1 fully saturated rings. The van der Waals surface area contributed by atoms with Gasteiger partial charge in [0.15, 0.2) is 6.61 Å². The van der Waals surface area contributed by atoms with Crippen molar-refractivity contribution in [3.63, 3.8) is 0 Å². The molecule has 2 aliphatic heterocycles. The fraction of sp³-hybridized carbons (Fsp3) is 0.194. The van der Waals surface area contributed by atoms with E-state index in [-0.39, 0.29) is 18.1 Å². The zero-order valence-electron chi connectivity index (χ0n) is 23.4.